The smallest absolute Gasteiger partial charge is 0.253 e. The summed E-state index contributed by atoms with van der Waals surface area (Å²) in [6.07, 6.45) is 0. The maximum absolute atomic E-state index is 13.7. The minimum atomic E-state index is -0.430. The van der Waals surface area contributed by atoms with Crippen molar-refractivity contribution < 1.29 is 19.1 Å². The molecule has 1 heterocycles. The van der Waals surface area contributed by atoms with Crippen LogP contribution in [0.5, 0.6) is 11.5 Å². The molecule has 35 heavy (non-hydrogen) atoms. The minimum Gasteiger partial charge on any atom is -0.497 e. The molecule has 182 valence electrons. The number of ether oxygens (including phenoxy) is 2. The summed E-state index contributed by atoms with van der Waals surface area (Å²) >= 11 is 6.01. The van der Waals surface area contributed by atoms with Crippen LogP contribution in [0.4, 0.5) is 0 Å². The molecule has 3 aromatic carbocycles. The predicted octanol–water partition coefficient (Wildman–Crippen LogP) is 4.87. The third-order valence-electron chi connectivity index (χ3n) is 6.49. The minimum absolute atomic E-state index is 0.0184. The van der Waals surface area contributed by atoms with Gasteiger partial charge in [0.1, 0.15) is 11.5 Å². The number of halogens is 1. The first-order chi connectivity index (χ1) is 16.9. The summed E-state index contributed by atoms with van der Waals surface area (Å²) in [5.41, 5.74) is 2.44. The van der Waals surface area contributed by atoms with E-state index in [2.05, 4.69) is 0 Å². The molecule has 1 fully saturated rings. The first-order valence-corrected chi connectivity index (χ1v) is 11.8. The van der Waals surface area contributed by atoms with Crippen LogP contribution >= 0.6 is 11.6 Å². The second kappa shape index (κ2) is 10.8. The molecule has 6 nitrogen and oxygen atoms in total. The molecular formula is C28H29ClN2O4. The Morgan fingerprint density at radius 3 is 2.34 bits per heavy atom. The fourth-order valence-electron chi connectivity index (χ4n) is 4.66. The zero-order valence-electron chi connectivity index (χ0n) is 20.1. The van der Waals surface area contributed by atoms with Gasteiger partial charge < -0.3 is 19.3 Å². The van der Waals surface area contributed by atoms with E-state index in [9.17, 15) is 9.59 Å². The number of methoxy groups -OCH3 is 2. The van der Waals surface area contributed by atoms with Gasteiger partial charge in [-0.15, -0.1) is 0 Å². The summed E-state index contributed by atoms with van der Waals surface area (Å²) in [6.45, 7) is 1.19. The second-order valence-corrected chi connectivity index (χ2v) is 9.15. The zero-order valence-corrected chi connectivity index (χ0v) is 20.9. The molecule has 0 aliphatic carbocycles. The standard InChI is InChI=1S/C28H29ClN2O4/c1-30(16-19-7-5-4-6-8-19)28(33)25-18-31(27(32)20-9-11-21(29)12-10-20)17-24(25)23-15-22(34-2)13-14-26(23)35-3/h4-15,24-25H,16-18H2,1-3H3. The Morgan fingerprint density at radius 2 is 1.69 bits per heavy atom. The van der Waals surface area contributed by atoms with E-state index in [1.54, 1.807) is 55.3 Å². The van der Waals surface area contributed by atoms with Crippen molar-refractivity contribution in [2.75, 3.05) is 34.4 Å². The number of amides is 2. The number of benzene rings is 3. The fraction of sp³-hybridized carbons (Fsp3) is 0.286. The molecule has 0 N–H and O–H groups in total. The molecule has 4 rings (SSSR count). The van der Waals surface area contributed by atoms with Gasteiger partial charge in [0.2, 0.25) is 5.91 Å². The molecule has 0 radical (unpaired) electrons. The molecule has 0 saturated carbocycles. The van der Waals surface area contributed by atoms with E-state index < -0.39 is 5.92 Å². The van der Waals surface area contributed by atoms with Gasteiger partial charge in [-0.2, -0.15) is 0 Å². The van der Waals surface area contributed by atoms with E-state index in [-0.39, 0.29) is 17.7 Å². The number of carbonyl (C=O) groups is 2. The van der Waals surface area contributed by atoms with Crippen molar-refractivity contribution in [2.24, 2.45) is 5.92 Å². The number of likely N-dealkylation sites (tertiary alicyclic amines) is 1. The normalized spacial score (nSPS) is 17.2. The van der Waals surface area contributed by atoms with Gasteiger partial charge >= 0.3 is 0 Å². The van der Waals surface area contributed by atoms with E-state index in [4.69, 9.17) is 21.1 Å². The average Bonchev–Trinajstić information content (AvgIpc) is 3.33. The summed E-state index contributed by atoms with van der Waals surface area (Å²) in [4.78, 5) is 30.6. The van der Waals surface area contributed by atoms with E-state index in [1.165, 1.54) is 0 Å². The van der Waals surface area contributed by atoms with Crippen LogP contribution in [0.2, 0.25) is 5.02 Å². The highest BCUT2D eigenvalue weighted by Gasteiger charge is 2.43. The van der Waals surface area contributed by atoms with Gasteiger partial charge in [0, 0.05) is 48.7 Å². The van der Waals surface area contributed by atoms with Gasteiger partial charge in [0.25, 0.3) is 5.91 Å². The number of hydrogen-bond acceptors (Lipinski definition) is 4. The van der Waals surface area contributed by atoms with Crippen LogP contribution in [0, 0.1) is 5.92 Å². The van der Waals surface area contributed by atoms with E-state index in [0.29, 0.717) is 41.7 Å². The quantitative estimate of drug-likeness (QED) is 0.472. The van der Waals surface area contributed by atoms with Crippen molar-refractivity contribution in [3.05, 3.63) is 94.5 Å². The fourth-order valence-corrected chi connectivity index (χ4v) is 4.78. The molecule has 0 bridgehead atoms. The van der Waals surface area contributed by atoms with Gasteiger partial charge in [-0.05, 0) is 48.0 Å². The van der Waals surface area contributed by atoms with Gasteiger partial charge in [0.15, 0.2) is 0 Å². The Bertz CT molecular complexity index is 1180. The highest BCUT2D eigenvalue weighted by Crippen LogP contribution is 2.40. The molecule has 1 saturated heterocycles. The molecule has 0 aromatic heterocycles. The largest absolute Gasteiger partial charge is 0.497 e. The number of carbonyl (C=O) groups excluding carboxylic acids is 2. The average molecular weight is 493 g/mol. The van der Waals surface area contributed by atoms with Gasteiger partial charge in [0.05, 0.1) is 20.1 Å². The molecule has 0 spiro atoms. The molecule has 1 aliphatic heterocycles. The lowest BCUT2D eigenvalue weighted by molar-refractivity contribution is -0.134. The van der Waals surface area contributed by atoms with Gasteiger partial charge in [-0.25, -0.2) is 0 Å². The lowest BCUT2D eigenvalue weighted by Crippen LogP contribution is -2.36. The summed E-state index contributed by atoms with van der Waals surface area (Å²) < 4.78 is 11.1. The maximum atomic E-state index is 13.7. The molecule has 7 heteroatoms. The molecule has 3 aromatic rings. The third-order valence-corrected chi connectivity index (χ3v) is 6.74. The van der Waals surface area contributed by atoms with Crippen molar-refractivity contribution >= 4 is 23.4 Å². The van der Waals surface area contributed by atoms with E-state index >= 15 is 0 Å². The van der Waals surface area contributed by atoms with Crippen LogP contribution in [0.15, 0.2) is 72.8 Å². The topological polar surface area (TPSA) is 59.1 Å². The van der Waals surface area contributed by atoms with Crippen molar-refractivity contribution in [3.63, 3.8) is 0 Å². The van der Waals surface area contributed by atoms with Gasteiger partial charge in [-0.1, -0.05) is 41.9 Å². The Kier molecular flexibility index (Phi) is 7.61. The van der Waals surface area contributed by atoms with Crippen molar-refractivity contribution in [3.8, 4) is 11.5 Å². The molecule has 2 atom stereocenters. The second-order valence-electron chi connectivity index (χ2n) is 8.72. The lowest BCUT2D eigenvalue weighted by atomic mass is 9.87. The summed E-state index contributed by atoms with van der Waals surface area (Å²) in [5, 5.41) is 0.567. The molecule has 2 amide bonds. The zero-order chi connectivity index (χ0) is 24.9. The first-order valence-electron chi connectivity index (χ1n) is 11.5. The molecule has 2 unspecified atom stereocenters. The highest BCUT2D eigenvalue weighted by molar-refractivity contribution is 6.30. The molecular weight excluding hydrogens is 464 g/mol. The maximum Gasteiger partial charge on any atom is 0.253 e. The summed E-state index contributed by atoms with van der Waals surface area (Å²) in [6, 6.07) is 22.2. The Hall–Kier alpha value is -3.51. The van der Waals surface area contributed by atoms with Crippen LogP contribution in [0.25, 0.3) is 0 Å². The number of hydrogen-bond donors (Lipinski definition) is 0. The lowest BCUT2D eigenvalue weighted by Gasteiger charge is -2.25. The Balaban J connectivity index is 1.66. The van der Waals surface area contributed by atoms with Crippen LogP contribution in [0.1, 0.15) is 27.4 Å². The number of rotatable bonds is 7. The van der Waals surface area contributed by atoms with E-state index in [1.807, 2.05) is 48.5 Å². The Morgan fingerprint density at radius 1 is 0.971 bits per heavy atom. The highest BCUT2D eigenvalue weighted by atomic mass is 35.5. The van der Waals surface area contributed by atoms with Crippen LogP contribution < -0.4 is 9.47 Å². The number of nitrogens with zero attached hydrogens (tertiary/aromatic N) is 2. The third kappa shape index (κ3) is 5.43. The van der Waals surface area contributed by atoms with Crippen molar-refractivity contribution in [2.45, 2.75) is 12.5 Å². The van der Waals surface area contributed by atoms with Crippen LogP contribution in [0.3, 0.4) is 0 Å². The SMILES string of the molecule is COc1ccc(OC)c(C2CN(C(=O)c3ccc(Cl)cc3)CC2C(=O)N(C)Cc2ccccc2)c1. The predicted molar refractivity (Wildman–Crippen MR) is 136 cm³/mol. The van der Waals surface area contributed by atoms with Crippen LogP contribution in [-0.4, -0.2) is 56.0 Å². The van der Waals surface area contributed by atoms with Crippen LogP contribution in [-0.2, 0) is 11.3 Å². The summed E-state index contributed by atoms with van der Waals surface area (Å²) in [5.74, 6) is 0.514. The van der Waals surface area contributed by atoms with E-state index in [0.717, 1.165) is 11.1 Å². The van der Waals surface area contributed by atoms with Crippen molar-refractivity contribution in [1.29, 1.82) is 0 Å². The first kappa shape index (κ1) is 24.6. The van der Waals surface area contributed by atoms with Crippen molar-refractivity contribution in [1.82, 2.24) is 9.80 Å². The Labute approximate surface area is 211 Å². The molecule has 1 aliphatic rings. The monoisotopic (exact) mass is 492 g/mol. The van der Waals surface area contributed by atoms with Gasteiger partial charge in [-0.3, -0.25) is 9.59 Å². The summed E-state index contributed by atoms with van der Waals surface area (Å²) in [7, 11) is 5.01.